The van der Waals surface area contributed by atoms with Gasteiger partial charge in [-0.15, -0.1) is 0 Å². The van der Waals surface area contributed by atoms with Crippen molar-refractivity contribution < 1.29 is 9.18 Å². The van der Waals surface area contributed by atoms with Crippen LogP contribution in [0.15, 0.2) is 52.3 Å². The largest absolute Gasteiger partial charge is 0.340 e. The Balaban J connectivity index is 2.19. The first-order valence-corrected chi connectivity index (χ1v) is 9.34. The summed E-state index contributed by atoms with van der Waals surface area (Å²) in [5, 5.41) is 0.582. The van der Waals surface area contributed by atoms with Gasteiger partial charge >= 0.3 is 0 Å². The summed E-state index contributed by atoms with van der Waals surface area (Å²) in [7, 11) is 0. The summed E-state index contributed by atoms with van der Waals surface area (Å²) in [6.07, 6.45) is 3.31. The number of likely N-dealkylation sites (N-methyl/N-ethyl adjacent to an activating group) is 1. The molecule has 0 saturated carbocycles. The van der Waals surface area contributed by atoms with Crippen molar-refractivity contribution in [3.63, 3.8) is 0 Å². The number of nitrogens with zero attached hydrogens (tertiary/aromatic N) is 1. The molecule has 2 aromatic rings. The molecule has 0 bridgehead atoms. The third-order valence-electron chi connectivity index (χ3n) is 3.82. The highest BCUT2D eigenvalue weighted by Crippen LogP contribution is 2.34. The molecule has 2 rings (SSSR count). The molecule has 2 aromatic carbocycles. The fourth-order valence-corrected chi connectivity index (χ4v) is 3.57. The number of hydrogen-bond acceptors (Lipinski definition) is 2. The number of rotatable bonds is 6. The van der Waals surface area contributed by atoms with Crippen molar-refractivity contribution in [2.75, 3.05) is 13.1 Å². The summed E-state index contributed by atoms with van der Waals surface area (Å²) in [4.78, 5) is 15.8. The lowest BCUT2D eigenvalue weighted by atomic mass is 10.1. The number of halogens is 2. The normalized spacial score (nSPS) is 11.1. The van der Waals surface area contributed by atoms with Gasteiger partial charge in [-0.25, -0.2) is 4.39 Å². The summed E-state index contributed by atoms with van der Waals surface area (Å²) in [5.41, 5.74) is 1.86. The average Bonchev–Trinajstić information content (AvgIpc) is 2.59. The molecule has 0 radical (unpaired) electrons. The molecular formula is C20H21ClFNOS. The van der Waals surface area contributed by atoms with Crippen LogP contribution >= 0.6 is 23.4 Å². The minimum absolute atomic E-state index is 0.0246. The summed E-state index contributed by atoms with van der Waals surface area (Å²) < 4.78 is 13.0. The van der Waals surface area contributed by atoms with E-state index in [9.17, 15) is 9.18 Å². The molecule has 0 aromatic heterocycles. The molecule has 132 valence electrons. The van der Waals surface area contributed by atoms with Gasteiger partial charge in [0.2, 0.25) is 5.91 Å². The van der Waals surface area contributed by atoms with E-state index in [0.717, 1.165) is 20.9 Å². The Hall–Kier alpha value is -1.78. The van der Waals surface area contributed by atoms with Gasteiger partial charge < -0.3 is 4.90 Å². The number of benzene rings is 2. The zero-order chi connectivity index (χ0) is 18.4. The summed E-state index contributed by atoms with van der Waals surface area (Å²) in [5.74, 6) is -0.277. The Labute approximate surface area is 157 Å². The summed E-state index contributed by atoms with van der Waals surface area (Å²) >= 11 is 7.91. The molecule has 0 saturated heterocycles. The van der Waals surface area contributed by atoms with Gasteiger partial charge in [-0.2, -0.15) is 0 Å². The molecule has 0 atom stereocenters. The molecule has 0 aliphatic rings. The molecule has 0 fully saturated rings. The predicted octanol–water partition coefficient (Wildman–Crippen LogP) is 5.82. The van der Waals surface area contributed by atoms with Crippen molar-refractivity contribution in [3.05, 3.63) is 64.4 Å². The van der Waals surface area contributed by atoms with Crippen LogP contribution in [-0.2, 0) is 4.79 Å². The minimum Gasteiger partial charge on any atom is -0.340 e. The van der Waals surface area contributed by atoms with Crippen LogP contribution in [-0.4, -0.2) is 23.9 Å². The highest BCUT2D eigenvalue weighted by molar-refractivity contribution is 7.99. The van der Waals surface area contributed by atoms with Gasteiger partial charge in [0.15, 0.2) is 0 Å². The van der Waals surface area contributed by atoms with Crippen molar-refractivity contribution in [1.29, 1.82) is 0 Å². The van der Waals surface area contributed by atoms with Crippen molar-refractivity contribution in [2.45, 2.75) is 30.6 Å². The molecule has 2 nitrogen and oxygen atoms in total. The zero-order valence-corrected chi connectivity index (χ0v) is 16.1. The average molecular weight is 378 g/mol. The molecule has 5 heteroatoms. The molecular weight excluding hydrogens is 357 g/mol. The highest BCUT2D eigenvalue weighted by Gasteiger charge is 2.08. The maximum absolute atomic E-state index is 13.0. The Morgan fingerprint density at radius 2 is 1.84 bits per heavy atom. The maximum atomic E-state index is 13.0. The van der Waals surface area contributed by atoms with Gasteiger partial charge in [-0.05, 0) is 74.4 Å². The fraction of sp³-hybridized carbons (Fsp3) is 0.250. The number of carbonyl (C=O) groups is 1. The van der Waals surface area contributed by atoms with Crippen LogP contribution in [0.1, 0.15) is 25.0 Å². The molecule has 1 amide bonds. The lowest BCUT2D eigenvalue weighted by Crippen LogP contribution is -2.28. The Kier molecular flexibility index (Phi) is 7.09. The Bertz CT molecular complexity index is 770. The van der Waals surface area contributed by atoms with Crippen LogP contribution in [0, 0.1) is 12.7 Å². The SMILES string of the molecule is CCN(CC)C(=O)C=Cc1cc(C)c(Sc2ccc(F)cc2)cc1Cl. The van der Waals surface area contributed by atoms with Crippen molar-refractivity contribution in [3.8, 4) is 0 Å². The second kappa shape index (κ2) is 9.07. The monoisotopic (exact) mass is 377 g/mol. The van der Waals surface area contributed by atoms with Crippen LogP contribution in [0.25, 0.3) is 6.08 Å². The maximum Gasteiger partial charge on any atom is 0.246 e. The van der Waals surface area contributed by atoms with Gasteiger partial charge in [-0.3, -0.25) is 4.79 Å². The number of hydrogen-bond donors (Lipinski definition) is 0. The van der Waals surface area contributed by atoms with E-state index in [1.807, 2.05) is 32.9 Å². The minimum atomic E-state index is -0.252. The second-order valence-corrected chi connectivity index (χ2v) is 7.06. The first kappa shape index (κ1) is 19.5. The third kappa shape index (κ3) is 5.35. The molecule has 0 unspecified atom stereocenters. The third-order valence-corrected chi connectivity index (χ3v) is 5.31. The van der Waals surface area contributed by atoms with E-state index in [0.29, 0.717) is 18.1 Å². The second-order valence-electron chi connectivity index (χ2n) is 5.54. The van der Waals surface area contributed by atoms with Crippen LogP contribution in [0.5, 0.6) is 0 Å². The number of carbonyl (C=O) groups excluding carboxylic acids is 1. The highest BCUT2D eigenvalue weighted by atomic mass is 35.5. The van der Waals surface area contributed by atoms with Crippen molar-refractivity contribution >= 4 is 35.3 Å². The predicted molar refractivity (Wildman–Crippen MR) is 104 cm³/mol. The lowest BCUT2D eigenvalue weighted by Gasteiger charge is -2.16. The molecule has 0 N–H and O–H groups in total. The van der Waals surface area contributed by atoms with Gasteiger partial charge in [-0.1, -0.05) is 23.4 Å². The first-order valence-electron chi connectivity index (χ1n) is 8.15. The molecule has 25 heavy (non-hydrogen) atoms. The van der Waals surface area contributed by atoms with E-state index in [4.69, 9.17) is 11.6 Å². The molecule has 0 heterocycles. The Morgan fingerprint density at radius 1 is 1.20 bits per heavy atom. The summed E-state index contributed by atoms with van der Waals surface area (Å²) in [6, 6.07) is 10.2. The summed E-state index contributed by atoms with van der Waals surface area (Å²) in [6.45, 7) is 7.26. The molecule has 0 aliphatic heterocycles. The van der Waals surface area contributed by atoms with Gasteiger partial charge in [0.05, 0.1) is 0 Å². The van der Waals surface area contributed by atoms with E-state index < -0.39 is 0 Å². The van der Waals surface area contributed by atoms with Gasteiger partial charge in [0, 0.05) is 34.0 Å². The van der Waals surface area contributed by atoms with Crippen molar-refractivity contribution in [2.24, 2.45) is 0 Å². The standard InChI is InChI=1S/C20H21ClFNOS/c1-4-23(5-2)20(24)11-6-15-12-14(3)19(13-18(15)21)25-17-9-7-16(22)8-10-17/h6-13H,4-5H2,1-3H3. The van der Waals surface area contributed by atoms with Gasteiger partial charge in [0.1, 0.15) is 5.82 Å². The van der Waals surface area contributed by atoms with Crippen LogP contribution in [0.4, 0.5) is 4.39 Å². The number of amides is 1. The lowest BCUT2D eigenvalue weighted by molar-refractivity contribution is -0.125. The number of aryl methyl sites for hydroxylation is 1. The first-order chi connectivity index (χ1) is 11.9. The topological polar surface area (TPSA) is 20.3 Å². The zero-order valence-electron chi connectivity index (χ0n) is 14.6. The molecule has 0 spiro atoms. The van der Waals surface area contributed by atoms with Crippen LogP contribution in [0.3, 0.4) is 0 Å². The molecule has 0 aliphatic carbocycles. The van der Waals surface area contributed by atoms with Gasteiger partial charge in [0.25, 0.3) is 0 Å². The Morgan fingerprint density at radius 3 is 2.44 bits per heavy atom. The fourth-order valence-electron chi connectivity index (χ4n) is 2.35. The van der Waals surface area contributed by atoms with E-state index in [-0.39, 0.29) is 11.7 Å². The van der Waals surface area contributed by atoms with E-state index in [2.05, 4.69) is 0 Å². The van der Waals surface area contributed by atoms with Crippen LogP contribution < -0.4 is 0 Å². The quantitative estimate of drug-likeness (QED) is 0.591. The van der Waals surface area contributed by atoms with E-state index in [1.54, 1.807) is 29.2 Å². The van der Waals surface area contributed by atoms with Crippen molar-refractivity contribution in [1.82, 2.24) is 4.90 Å². The van der Waals surface area contributed by atoms with Crippen LogP contribution in [0.2, 0.25) is 5.02 Å². The van der Waals surface area contributed by atoms with E-state index >= 15 is 0 Å². The van der Waals surface area contributed by atoms with E-state index in [1.165, 1.54) is 23.9 Å². The smallest absolute Gasteiger partial charge is 0.246 e.